The van der Waals surface area contributed by atoms with Gasteiger partial charge in [-0.3, -0.25) is 0 Å². The molecule has 84 valence electrons. The molecule has 0 spiro atoms. The van der Waals surface area contributed by atoms with Gasteiger partial charge in [0.25, 0.3) is 0 Å². The topological polar surface area (TPSA) is 75.6 Å². The molecular weight excluding hydrogens is 216 g/mol. The zero-order chi connectivity index (χ0) is 11.8. The summed E-state index contributed by atoms with van der Waals surface area (Å²) in [6.07, 6.45) is 0.819. The highest BCUT2D eigenvalue weighted by Gasteiger charge is 2.43. The molecule has 17 heavy (non-hydrogen) atoms. The summed E-state index contributed by atoms with van der Waals surface area (Å²) in [7, 11) is 0. The van der Waals surface area contributed by atoms with Crippen LogP contribution in [0.5, 0.6) is 0 Å². The molecule has 2 aromatic heterocycles. The van der Waals surface area contributed by atoms with Crippen LogP contribution in [-0.2, 0) is 0 Å². The third-order valence-electron chi connectivity index (χ3n) is 2.83. The average molecular weight is 226 g/mol. The van der Waals surface area contributed by atoms with Gasteiger partial charge in [-0.15, -0.1) is 0 Å². The lowest BCUT2D eigenvalue weighted by molar-refractivity contribution is 0.378. The van der Waals surface area contributed by atoms with E-state index in [-0.39, 0.29) is 11.8 Å². The fraction of sp³-hybridized carbons (Fsp3) is 0.333. The zero-order valence-corrected chi connectivity index (χ0v) is 9.29. The van der Waals surface area contributed by atoms with E-state index >= 15 is 0 Å². The Morgan fingerprint density at radius 1 is 1.41 bits per heavy atom. The SMILES string of the molecule is Cc1cccc(-c2noc(C3CC3C#N)n2)n1. The van der Waals surface area contributed by atoms with Crippen LogP contribution in [0.25, 0.3) is 11.5 Å². The van der Waals surface area contributed by atoms with Crippen molar-refractivity contribution >= 4 is 0 Å². The Morgan fingerprint density at radius 3 is 3.00 bits per heavy atom. The van der Waals surface area contributed by atoms with Gasteiger partial charge in [0.05, 0.1) is 17.9 Å². The molecule has 0 aliphatic heterocycles. The fourth-order valence-electron chi connectivity index (χ4n) is 1.77. The first-order valence-electron chi connectivity index (χ1n) is 5.45. The average Bonchev–Trinajstić information content (AvgIpc) is 2.97. The van der Waals surface area contributed by atoms with Crippen LogP contribution in [0.3, 0.4) is 0 Å². The van der Waals surface area contributed by atoms with Crippen molar-refractivity contribution in [3.8, 4) is 17.6 Å². The van der Waals surface area contributed by atoms with Gasteiger partial charge in [-0.2, -0.15) is 10.2 Å². The van der Waals surface area contributed by atoms with Gasteiger partial charge in [-0.1, -0.05) is 11.2 Å². The fourth-order valence-corrected chi connectivity index (χ4v) is 1.77. The first kappa shape index (κ1) is 9.97. The second-order valence-corrected chi connectivity index (χ2v) is 4.20. The molecule has 1 aliphatic rings. The molecule has 0 aromatic carbocycles. The second kappa shape index (κ2) is 3.67. The van der Waals surface area contributed by atoms with Crippen LogP contribution in [0.2, 0.25) is 0 Å². The van der Waals surface area contributed by atoms with Crippen LogP contribution >= 0.6 is 0 Å². The van der Waals surface area contributed by atoms with Crippen molar-refractivity contribution in [1.82, 2.24) is 15.1 Å². The van der Waals surface area contributed by atoms with Gasteiger partial charge < -0.3 is 4.52 Å². The van der Waals surface area contributed by atoms with E-state index < -0.39 is 0 Å². The molecule has 0 saturated heterocycles. The Hall–Kier alpha value is -2.22. The molecule has 1 aliphatic carbocycles. The minimum atomic E-state index is 0.0359. The largest absolute Gasteiger partial charge is 0.339 e. The first-order valence-corrected chi connectivity index (χ1v) is 5.45. The molecule has 0 radical (unpaired) electrons. The van der Waals surface area contributed by atoms with E-state index in [9.17, 15) is 0 Å². The number of aromatic nitrogens is 3. The highest BCUT2D eigenvalue weighted by molar-refractivity contribution is 5.48. The van der Waals surface area contributed by atoms with Gasteiger partial charge in [0.2, 0.25) is 11.7 Å². The van der Waals surface area contributed by atoms with E-state index in [2.05, 4.69) is 21.2 Å². The summed E-state index contributed by atoms with van der Waals surface area (Å²) in [5.74, 6) is 1.20. The molecule has 5 nitrogen and oxygen atoms in total. The van der Waals surface area contributed by atoms with Gasteiger partial charge in [-0.25, -0.2) is 4.98 Å². The summed E-state index contributed by atoms with van der Waals surface area (Å²) in [5.41, 5.74) is 1.62. The van der Waals surface area contributed by atoms with Crippen LogP contribution in [0, 0.1) is 24.2 Å². The standard InChI is InChI=1S/C12H10N4O/c1-7-3-2-4-10(14-7)11-15-12(17-16-11)9-5-8(9)6-13/h2-4,8-9H,5H2,1H3. The number of nitriles is 1. The zero-order valence-electron chi connectivity index (χ0n) is 9.29. The third-order valence-corrected chi connectivity index (χ3v) is 2.83. The first-order chi connectivity index (χ1) is 8.28. The van der Waals surface area contributed by atoms with Crippen molar-refractivity contribution < 1.29 is 4.52 Å². The predicted octanol–water partition coefficient (Wildman–Crippen LogP) is 2.07. The molecule has 0 bridgehead atoms. The van der Waals surface area contributed by atoms with E-state index in [1.807, 2.05) is 25.1 Å². The Bertz CT molecular complexity index is 599. The number of nitrogens with zero attached hydrogens (tertiary/aromatic N) is 4. The second-order valence-electron chi connectivity index (χ2n) is 4.20. The molecule has 2 unspecified atom stereocenters. The predicted molar refractivity (Wildman–Crippen MR) is 58.7 cm³/mol. The van der Waals surface area contributed by atoms with E-state index in [0.717, 1.165) is 12.1 Å². The molecule has 1 saturated carbocycles. The van der Waals surface area contributed by atoms with Gasteiger partial charge in [0.15, 0.2) is 0 Å². The summed E-state index contributed by atoms with van der Waals surface area (Å²) < 4.78 is 5.16. The van der Waals surface area contributed by atoms with Crippen LogP contribution in [0.4, 0.5) is 0 Å². The molecule has 2 heterocycles. The maximum Gasteiger partial charge on any atom is 0.231 e. The molecule has 2 aromatic rings. The van der Waals surface area contributed by atoms with Crippen molar-refractivity contribution in [3.63, 3.8) is 0 Å². The molecule has 1 fully saturated rings. The third kappa shape index (κ3) is 1.78. The van der Waals surface area contributed by atoms with Crippen molar-refractivity contribution in [3.05, 3.63) is 29.8 Å². The van der Waals surface area contributed by atoms with E-state index in [1.165, 1.54) is 0 Å². The highest BCUT2D eigenvalue weighted by atomic mass is 16.5. The maximum atomic E-state index is 8.75. The number of rotatable bonds is 2. The maximum absolute atomic E-state index is 8.75. The summed E-state index contributed by atoms with van der Waals surface area (Å²) in [5, 5.41) is 12.6. The van der Waals surface area contributed by atoms with E-state index in [4.69, 9.17) is 9.78 Å². The van der Waals surface area contributed by atoms with Crippen LogP contribution in [0.15, 0.2) is 22.7 Å². The monoisotopic (exact) mass is 226 g/mol. The number of aryl methyl sites for hydroxylation is 1. The minimum Gasteiger partial charge on any atom is -0.339 e. The van der Waals surface area contributed by atoms with Crippen molar-refractivity contribution in [2.75, 3.05) is 0 Å². The van der Waals surface area contributed by atoms with Crippen LogP contribution < -0.4 is 0 Å². The van der Waals surface area contributed by atoms with Crippen molar-refractivity contribution in [1.29, 1.82) is 5.26 Å². The van der Waals surface area contributed by atoms with Gasteiger partial charge in [0.1, 0.15) is 5.69 Å². The summed E-state index contributed by atoms with van der Waals surface area (Å²) in [6, 6.07) is 7.87. The smallest absolute Gasteiger partial charge is 0.231 e. The summed E-state index contributed by atoms with van der Waals surface area (Å²) in [6.45, 7) is 1.91. The Morgan fingerprint density at radius 2 is 2.29 bits per heavy atom. The van der Waals surface area contributed by atoms with Crippen LogP contribution in [0.1, 0.15) is 23.9 Å². The highest BCUT2D eigenvalue weighted by Crippen LogP contribution is 2.46. The van der Waals surface area contributed by atoms with E-state index in [0.29, 0.717) is 17.4 Å². The van der Waals surface area contributed by atoms with E-state index in [1.54, 1.807) is 0 Å². The number of hydrogen-bond acceptors (Lipinski definition) is 5. The summed E-state index contributed by atoms with van der Waals surface area (Å²) in [4.78, 5) is 8.62. The normalized spacial score (nSPS) is 22.1. The van der Waals surface area contributed by atoms with Gasteiger partial charge in [-0.05, 0) is 25.5 Å². The lowest BCUT2D eigenvalue weighted by Gasteiger charge is -1.94. The molecule has 2 atom stereocenters. The van der Waals surface area contributed by atoms with Crippen LogP contribution in [-0.4, -0.2) is 15.1 Å². The Balaban J connectivity index is 1.89. The van der Waals surface area contributed by atoms with Crippen molar-refractivity contribution in [2.45, 2.75) is 19.3 Å². The molecule has 5 heteroatoms. The number of hydrogen-bond donors (Lipinski definition) is 0. The van der Waals surface area contributed by atoms with Gasteiger partial charge in [0, 0.05) is 5.69 Å². The van der Waals surface area contributed by atoms with Gasteiger partial charge >= 0.3 is 0 Å². The Labute approximate surface area is 98.1 Å². The quantitative estimate of drug-likeness (QED) is 0.783. The number of pyridine rings is 1. The summed E-state index contributed by atoms with van der Waals surface area (Å²) >= 11 is 0. The lowest BCUT2D eigenvalue weighted by Crippen LogP contribution is -1.88. The molecule has 0 N–H and O–H groups in total. The van der Waals surface area contributed by atoms with Crippen molar-refractivity contribution in [2.24, 2.45) is 5.92 Å². The molecule has 0 amide bonds. The Kier molecular flexibility index (Phi) is 2.15. The molecular formula is C12H10N4O. The lowest BCUT2D eigenvalue weighted by atomic mass is 10.3. The molecule has 3 rings (SSSR count). The minimum absolute atomic E-state index is 0.0359.